The first kappa shape index (κ1) is 13.8. The largest absolute Gasteiger partial charge is 0.401 e. The number of rotatable bonds is 5. The van der Waals surface area contributed by atoms with Gasteiger partial charge in [-0.1, -0.05) is 13.0 Å². The van der Waals surface area contributed by atoms with Crippen LogP contribution in [0.1, 0.15) is 19.0 Å². The lowest BCUT2D eigenvalue weighted by molar-refractivity contribution is -0.147. The molecule has 1 aromatic rings. The quantitative estimate of drug-likeness (QED) is 0.869. The summed E-state index contributed by atoms with van der Waals surface area (Å²) >= 11 is 0. The number of nitrogen functional groups attached to an aromatic ring is 1. The minimum atomic E-state index is -4.19. The van der Waals surface area contributed by atoms with E-state index in [-0.39, 0.29) is 6.54 Å². The van der Waals surface area contributed by atoms with Crippen LogP contribution in [0.4, 0.5) is 19.0 Å². The molecule has 0 saturated carbocycles. The zero-order valence-electron chi connectivity index (χ0n) is 9.67. The van der Waals surface area contributed by atoms with E-state index in [9.17, 15) is 13.2 Å². The van der Waals surface area contributed by atoms with Crippen molar-refractivity contribution in [2.24, 2.45) is 0 Å². The maximum atomic E-state index is 12.3. The first-order valence-electron chi connectivity index (χ1n) is 5.41. The van der Waals surface area contributed by atoms with Gasteiger partial charge in [0, 0.05) is 6.54 Å². The van der Waals surface area contributed by atoms with Crippen molar-refractivity contribution in [3.8, 4) is 0 Å². The predicted molar refractivity (Wildman–Crippen MR) is 60.3 cm³/mol. The summed E-state index contributed by atoms with van der Waals surface area (Å²) < 4.78 is 37.0. The van der Waals surface area contributed by atoms with E-state index in [0.29, 0.717) is 24.5 Å². The lowest BCUT2D eigenvalue weighted by Crippen LogP contribution is -2.34. The second kappa shape index (κ2) is 5.86. The van der Waals surface area contributed by atoms with E-state index in [1.165, 1.54) is 4.90 Å². The second-order valence-electron chi connectivity index (χ2n) is 3.88. The molecule has 0 amide bonds. The molecule has 0 aliphatic carbocycles. The Morgan fingerprint density at radius 3 is 2.59 bits per heavy atom. The Morgan fingerprint density at radius 2 is 2.06 bits per heavy atom. The molecule has 2 N–H and O–H groups in total. The minimum Gasteiger partial charge on any atom is -0.384 e. The fourth-order valence-electron chi connectivity index (χ4n) is 1.60. The molecule has 0 aliphatic heterocycles. The first-order chi connectivity index (χ1) is 7.90. The van der Waals surface area contributed by atoms with Crippen LogP contribution < -0.4 is 5.73 Å². The Hall–Kier alpha value is -1.30. The molecule has 1 heterocycles. The monoisotopic (exact) mass is 247 g/mol. The van der Waals surface area contributed by atoms with E-state index in [1.54, 1.807) is 18.2 Å². The number of hydrogen-bond donors (Lipinski definition) is 1. The van der Waals surface area contributed by atoms with Crippen molar-refractivity contribution in [3.63, 3.8) is 0 Å². The molecule has 0 radical (unpaired) electrons. The summed E-state index contributed by atoms with van der Waals surface area (Å²) in [5, 5.41) is 0. The van der Waals surface area contributed by atoms with E-state index in [4.69, 9.17) is 5.73 Å². The summed E-state index contributed by atoms with van der Waals surface area (Å²) in [6.45, 7) is 1.47. The molecular weight excluding hydrogens is 231 g/mol. The normalized spacial score (nSPS) is 12.1. The number of nitrogens with two attached hydrogens (primary N) is 1. The van der Waals surface area contributed by atoms with Gasteiger partial charge in [-0.15, -0.1) is 0 Å². The molecule has 1 aromatic heterocycles. The van der Waals surface area contributed by atoms with Crippen LogP contribution in [0, 0.1) is 0 Å². The predicted octanol–water partition coefficient (Wildman–Crippen LogP) is 2.44. The molecule has 0 aromatic carbocycles. The Balaban J connectivity index is 2.66. The topological polar surface area (TPSA) is 42.1 Å². The zero-order valence-corrected chi connectivity index (χ0v) is 9.67. The number of nitrogens with zero attached hydrogens (tertiary/aromatic N) is 2. The zero-order chi connectivity index (χ0) is 12.9. The number of anilines is 1. The minimum absolute atomic E-state index is 0.165. The molecule has 6 heteroatoms. The third-order valence-electron chi connectivity index (χ3n) is 2.16. The van der Waals surface area contributed by atoms with Crippen LogP contribution in [0.5, 0.6) is 0 Å². The summed E-state index contributed by atoms with van der Waals surface area (Å²) in [4.78, 5) is 5.32. The van der Waals surface area contributed by atoms with Gasteiger partial charge in [-0.25, -0.2) is 4.98 Å². The standard InChI is InChI=1S/C11H16F3N3/c1-2-6-17(8-11(12,13)14)7-9-4-3-5-10(15)16-9/h3-5H,2,6-8H2,1H3,(H2,15,16). The van der Waals surface area contributed by atoms with Gasteiger partial charge in [-0.2, -0.15) is 13.2 Å². The molecule has 1 rings (SSSR count). The van der Waals surface area contributed by atoms with Crippen molar-refractivity contribution < 1.29 is 13.2 Å². The van der Waals surface area contributed by atoms with Gasteiger partial charge in [0.05, 0.1) is 12.2 Å². The lowest BCUT2D eigenvalue weighted by atomic mass is 10.3. The van der Waals surface area contributed by atoms with Crippen molar-refractivity contribution in [3.05, 3.63) is 23.9 Å². The Kier molecular flexibility index (Phi) is 4.74. The number of aromatic nitrogens is 1. The van der Waals surface area contributed by atoms with E-state index in [1.807, 2.05) is 6.92 Å². The SMILES string of the molecule is CCCN(Cc1cccc(N)n1)CC(F)(F)F. The van der Waals surface area contributed by atoms with Gasteiger partial charge in [-0.3, -0.25) is 4.90 Å². The average molecular weight is 247 g/mol. The highest BCUT2D eigenvalue weighted by Gasteiger charge is 2.30. The average Bonchev–Trinajstić information content (AvgIpc) is 2.15. The summed E-state index contributed by atoms with van der Waals surface area (Å²) in [5.41, 5.74) is 6.04. The van der Waals surface area contributed by atoms with Gasteiger partial charge >= 0.3 is 6.18 Å². The molecule has 0 saturated heterocycles. The molecule has 3 nitrogen and oxygen atoms in total. The highest BCUT2D eigenvalue weighted by Crippen LogP contribution is 2.18. The highest BCUT2D eigenvalue weighted by molar-refractivity contribution is 5.28. The summed E-state index contributed by atoms with van der Waals surface area (Å²) in [5.74, 6) is 0.325. The maximum absolute atomic E-state index is 12.3. The van der Waals surface area contributed by atoms with Gasteiger partial charge in [0.1, 0.15) is 5.82 Å². The summed E-state index contributed by atoms with van der Waals surface area (Å²) in [7, 11) is 0. The molecular formula is C11H16F3N3. The van der Waals surface area contributed by atoms with E-state index < -0.39 is 12.7 Å². The Bertz CT molecular complexity index is 352. The van der Waals surface area contributed by atoms with Crippen molar-refractivity contribution in [2.45, 2.75) is 26.1 Å². The van der Waals surface area contributed by atoms with Crippen LogP contribution in [-0.4, -0.2) is 29.1 Å². The fourth-order valence-corrected chi connectivity index (χ4v) is 1.60. The van der Waals surface area contributed by atoms with Crippen LogP contribution in [0.25, 0.3) is 0 Å². The summed E-state index contributed by atoms with van der Waals surface area (Å²) in [6, 6.07) is 4.97. The molecule has 0 unspecified atom stereocenters. The van der Waals surface area contributed by atoms with Gasteiger partial charge in [0.15, 0.2) is 0 Å². The van der Waals surface area contributed by atoms with Gasteiger partial charge < -0.3 is 5.73 Å². The van der Waals surface area contributed by atoms with E-state index in [0.717, 1.165) is 0 Å². The molecule has 0 atom stereocenters. The smallest absolute Gasteiger partial charge is 0.384 e. The number of halogens is 3. The molecule has 17 heavy (non-hydrogen) atoms. The van der Waals surface area contributed by atoms with Gasteiger partial charge in [0.25, 0.3) is 0 Å². The van der Waals surface area contributed by atoms with E-state index >= 15 is 0 Å². The van der Waals surface area contributed by atoms with Gasteiger partial charge in [0.2, 0.25) is 0 Å². The van der Waals surface area contributed by atoms with Crippen LogP contribution >= 0.6 is 0 Å². The Morgan fingerprint density at radius 1 is 1.35 bits per heavy atom. The number of hydrogen-bond acceptors (Lipinski definition) is 3. The maximum Gasteiger partial charge on any atom is 0.401 e. The molecule has 96 valence electrons. The third-order valence-corrected chi connectivity index (χ3v) is 2.16. The first-order valence-corrected chi connectivity index (χ1v) is 5.41. The van der Waals surface area contributed by atoms with Gasteiger partial charge in [-0.05, 0) is 25.1 Å². The highest BCUT2D eigenvalue weighted by atomic mass is 19.4. The lowest BCUT2D eigenvalue weighted by Gasteiger charge is -2.22. The fraction of sp³-hybridized carbons (Fsp3) is 0.545. The van der Waals surface area contributed by atoms with Crippen molar-refractivity contribution in [2.75, 3.05) is 18.8 Å². The van der Waals surface area contributed by atoms with Crippen LogP contribution in [0.15, 0.2) is 18.2 Å². The molecule has 0 spiro atoms. The molecule has 0 fully saturated rings. The van der Waals surface area contributed by atoms with Crippen LogP contribution in [-0.2, 0) is 6.54 Å². The summed E-state index contributed by atoms with van der Waals surface area (Å²) in [6.07, 6.45) is -3.52. The van der Waals surface area contributed by atoms with Crippen molar-refractivity contribution >= 4 is 5.82 Å². The number of alkyl halides is 3. The van der Waals surface area contributed by atoms with E-state index in [2.05, 4.69) is 4.98 Å². The van der Waals surface area contributed by atoms with Crippen molar-refractivity contribution in [1.82, 2.24) is 9.88 Å². The molecule has 0 aliphatic rings. The van der Waals surface area contributed by atoms with Crippen molar-refractivity contribution in [1.29, 1.82) is 0 Å². The number of pyridine rings is 1. The third kappa shape index (κ3) is 5.53. The second-order valence-corrected chi connectivity index (χ2v) is 3.88. The Labute approximate surface area is 98.4 Å². The van der Waals surface area contributed by atoms with Crippen LogP contribution in [0.3, 0.4) is 0 Å². The van der Waals surface area contributed by atoms with Crippen LogP contribution in [0.2, 0.25) is 0 Å². The molecule has 0 bridgehead atoms.